The molecule has 0 unspecified atom stereocenters. The molecule has 19 heavy (non-hydrogen) atoms. The maximum absolute atomic E-state index is 13.4. The summed E-state index contributed by atoms with van der Waals surface area (Å²) in [4.78, 5) is 2.45. The minimum absolute atomic E-state index is 0.291. The number of aryl methyl sites for hydroxylation is 1. The summed E-state index contributed by atoms with van der Waals surface area (Å²) >= 11 is 0. The van der Waals surface area contributed by atoms with Crippen LogP contribution in [0.15, 0.2) is 18.2 Å². The van der Waals surface area contributed by atoms with E-state index in [1.54, 1.807) is 0 Å². The van der Waals surface area contributed by atoms with Crippen LogP contribution in [-0.4, -0.2) is 37.6 Å². The number of nitrogens with zero attached hydrogens (tertiary/aromatic N) is 1. The molecule has 106 valence electrons. The average Bonchev–Trinajstić information content (AvgIpc) is 2.67. The lowest BCUT2D eigenvalue weighted by Crippen LogP contribution is -2.29. The summed E-state index contributed by atoms with van der Waals surface area (Å²) in [5.41, 5.74) is 0.498. The van der Waals surface area contributed by atoms with E-state index in [1.165, 1.54) is 24.6 Å². The molecule has 0 atom stereocenters. The molecule has 1 aromatic carbocycles. The topological polar surface area (TPSA) is 15.3 Å². The van der Waals surface area contributed by atoms with Crippen molar-refractivity contribution in [2.24, 2.45) is 0 Å². The first kappa shape index (κ1) is 14.4. The van der Waals surface area contributed by atoms with Crippen LogP contribution in [0, 0.1) is 11.6 Å². The Morgan fingerprint density at radius 1 is 1.11 bits per heavy atom. The third kappa shape index (κ3) is 4.88. The van der Waals surface area contributed by atoms with Gasteiger partial charge < -0.3 is 10.2 Å². The van der Waals surface area contributed by atoms with Crippen LogP contribution in [0.3, 0.4) is 0 Å². The molecule has 1 aromatic rings. The Morgan fingerprint density at radius 3 is 2.89 bits per heavy atom. The van der Waals surface area contributed by atoms with Crippen LogP contribution in [0.2, 0.25) is 0 Å². The van der Waals surface area contributed by atoms with Crippen molar-refractivity contribution in [2.75, 3.05) is 32.7 Å². The minimum Gasteiger partial charge on any atom is -0.315 e. The Labute approximate surface area is 113 Å². The van der Waals surface area contributed by atoms with E-state index in [2.05, 4.69) is 10.2 Å². The van der Waals surface area contributed by atoms with Gasteiger partial charge in [0.1, 0.15) is 11.6 Å². The monoisotopic (exact) mass is 268 g/mol. The molecule has 1 aliphatic rings. The molecule has 1 saturated heterocycles. The molecule has 4 heteroatoms. The van der Waals surface area contributed by atoms with Crippen LogP contribution in [0.5, 0.6) is 0 Å². The highest BCUT2D eigenvalue weighted by Crippen LogP contribution is 2.13. The van der Waals surface area contributed by atoms with Gasteiger partial charge in [0.05, 0.1) is 0 Å². The van der Waals surface area contributed by atoms with Crippen LogP contribution >= 0.6 is 0 Å². The minimum atomic E-state index is -0.352. The van der Waals surface area contributed by atoms with E-state index in [0.717, 1.165) is 45.6 Å². The van der Waals surface area contributed by atoms with Crippen molar-refractivity contribution in [2.45, 2.75) is 25.7 Å². The lowest BCUT2D eigenvalue weighted by Gasteiger charge is -2.19. The van der Waals surface area contributed by atoms with Crippen molar-refractivity contribution in [1.82, 2.24) is 10.2 Å². The SMILES string of the molecule is Fc1ccc(F)c(CCCCN2CCCNCC2)c1. The number of halogens is 2. The fourth-order valence-corrected chi connectivity index (χ4v) is 2.51. The zero-order valence-corrected chi connectivity index (χ0v) is 11.3. The Balaban J connectivity index is 1.69. The van der Waals surface area contributed by atoms with Gasteiger partial charge in [-0.25, -0.2) is 8.78 Å². The molecular formula is C15H22F2N2. The quantitative estimate of drug-likeness (QED) is 0.826. The molecular weight excluding hydrogens is 246 g/mol. The Kier molecular flexibility index (Phi) is 5.73. The van der Waals surface area contributed by atoms with E-state index in [4.69, 9.17) is 0 Å². The van der Waals surface area contributed by atoms with E-state index >= 15 is 0 Å². The summed E-state index contributed by atoms with van der Waals surface area (Å²) in [6, 6.07) is 3.69. The van der Waals surface area contributed by atoms with E-state index in [0.29, 0.717) is 12.0 Å². The van der Waals surface area contributed by atoms with Crippen LogP contribution in [0.1, 0.15) is 24.8 Å². The first-order valence-corrected chi connectivity index (χ1v) is 7.13. The second kappa shape index (κ2) is 7.56. The molecule has 2 rings (SSSR count). The number of nitrogens with one attached hydrogen (secondary N) is 1. The normalized spacial score (nSPS) is 17.4. The van der Waals surface area contributed by atoms with Gasteiger partial charge in [-0.15, -0.1) is 0 Å². The molecule has 1 N–H and O–H groups in total. The first-order chi connectivity index (χ1) is 9.25. The van der Waals surface area contributed by atoms with Gasteiger partial charge in [0.2, 0.25) is 0 Å². The molecule has 0 spiro atoms. The molecule has 0 radical (unpaired) electrons. The van der Waals surface area contributed by atoms with Gasteiger partial charge in [-0.3, -0.25) is 0 Å². The molecule has 2 nitrogen and oxygen atoms in total. The summed E-state index contributed by atoms with van der Waals surface area (Å²) in [6.45, 7) is 5.44. The van der Waals surface area contributed by atoms with E-state index < -0.39 is 0 Å². The fourth-order valence-electron chi connectivity index (χ4n) is 2.51. The number of hydrogen-bond acceptors (Lipinski definition) is 2. The number of hydrogen-bond donors (Lipinski definition) is 1. The smallest absolute Gasteiger partial charge is 0.126 e. The van der Waals surface area contributed by atoms with Gasteiger partial charge in [0.15, 0.2) is 0 Å². The summed E-state index contributed by atoms with van der Waals surface area (Å²) in [5, 5.41) is 3.37. The lowest BCUT2D eigenvalue weighted by atomic mass is 10.1. The molecule has 0 aliphatic carbocycles. The van der Waals surface area contributed by atoms with E-state index in [-0.39, 0.29) is 11.6 Å². The van der Waals surface area contributed by atoms with Gasteiger partial charge in [-0.1, -0.05) is 0 Å². The fraction of sp³-hybridized carbons (Fsp3) is 0.600. The van der Waals surface area contributed by atoms with Crippen molar-refractivity contribution in [3.05, 3.63) is 35.4 Å². The van der Waals surface area contributed by atoms with Gasteiger partial charge in [-0.2, -0.15) is 0 Å². The summed E-state index contributed by atoms with van der Waals surface area (Å²) in [7, 11) is 0. The number of benzene rings is 1. The Bertz CT molecular complexity index is 388. The molecule has 1 aliphatic heterocycles. The van der Waals surface area contributed by atoms with Gasteiger partial charge in [-0.05, 0) is 69.1 Å². The highest BCUT2D eigenvalue weighted by atomic mass is 19.1. The average molecular weight is 268 g/mol. The highest BCUT2D eigenvalue weighted by Gasteiger charge is 2.08. The lowest BCUT2D eigenvalue weighted by molar-refractivity contribution is 0.286. The van der Waals surface area contributed by atoms with Crippen LogP contribution in [0.4, 0.5) is 8.78 Å². The highest BCUT2D eigenvalue weighted by molar-refractivity contribution is 5.18. The van der Waals surface area contributed by atoms with E-state index in [1.807, 2.05) is 0 Å². The summed E-state index contributed by atoms with van der Waals surface area (Å²) in [5.74, 6) is -0.643. The van der Waals surface area contributed by atoms with Crippen molar-refractivity contribution < 1.29 is 8.78 Å². The van der Waals surface area contributed by atoms with Crippen LogP contribution < -0.4 is 5.32 Å². The number of rotatable bonds is 5. The van der Waals surface area contributed by atoms with Crippen molar-refractivity contribution >= 4 is 0 Å². The molecule has 0 aromatic heterocycles. The molecule has 1 fully saturated rings. The Morgan fingerprint density at radius 2 is 2.00 bits per heavy atom. The molecule has 1 heterocycles. The maximum Gasteiger partial charge on any atom is 0.126 e. The number of unbranched alkanes of at least 4 members (excludes halogenated alkanes) is 1. The van der Waals surface area contributed by atoms with Crippen molar-refractivity contribution in [3.8, 4) is 0 Å². The molecule has 0 amide bonds. The second-order valence-electron chi connectivity index (χ2n) is 5.14. The molecule has 0 bridgehead atoms. The van der Waals surface area contributed by atoms with Crippen LogP contribution in [-0.2, 0) is 6.42 Å². The van der Waals surface area contributed by atoms with Crippen LogP contribution in [0.25, 0.3) is 0 Å². The van der Waals surface area contributed by atoms with Crippen molar-refractivity contribution in [1.29, 1.82) is 0 Å². The predicted molar refractivity (Wildman–Crippen MR) is 73.2 cm³/mol. The molecule has 0 saturated carbocycles. The van der Waals surface area contributed by atoms with Gasteiger partial charge in [0.25, 0.3) is 0 Å². The van der Waals surface area contributed by atoms with Crippen molar-refractivity contribution in [3.63, 3.8) is 0 Å². The maximum atomic E-state index is 13.4. The summed E-state index contributed by atoms with van der Waals surface area (Å²) < 4.78 is 26.4. The third-order valence-corrected chi connectivity index (χ3v) is 3.61. The standard InChI is InChI=1S/C15H22F2N2/c16-14-5-6-15(17)13(12-14)4-1-2-9-19-10-3-7-18-8-11-19/h5-6,12,18H,1-4,7-11H2. The Hall–Kier alpha value is -1.00. The zero-order chi connectivity index (χ0) is 13.5. The predicted octanol–water partition coefficient (Wildman–Crippen LogP) is 2.58. The third-order valence-electron chi connectivity index (χ3n) is 3.61. The summed E-state index contributed by atoms with van der Waals surface area (Å²) in [6.07, 6.45) is 3.76. The second-order valence-corrected chi connectivity index (χ2v) is 5.14. The van der Waals surface area contributed by atoms with E-state index in [9.17, 15) is 8.78 Å². The first-order valence-electron chi connectivity index (χ1n) is 7.13. The van der Waals surface area contributed by atoms with Gasteiger partial charge in [0, 0.05) is 13.1 Å². The van der Waals surface area contributed by atoms with Gasteiger partial charge >= 0.3 is 0 Å². The largest absolute Gasteiger partial charge is 0.315 e. The zero-order valence-electron chi connectivity index (χ0n) is 11.3.